The second kappa shape index (κ2) is 8.91. The molecule has 0 fully saturated rings. The lowest BCUT2D eigenvalue weighted by Gasteiger charge is -2.14. The van der Waals surface area contributed by atoms with Crippen LogP contribution in [0.4, 0.5) is 34.0 Å². The molecule has 1 aromatic carbocycles. The Bertz CT molecular complexity index is 1060. The molecule has 3 aromatic rings. The first-order chi connectivity index (χ1) is 14.2. The van der Waals surface area contributed by atoms with E-state index >= 15 is 0 Å². The Labute approximate surface area is 172 Å². The number of hydrogen-bond acceptors (Lipinski definition) is 6. The van der Waals surface area contributed by atoms with Crippen molar-refractivity contribution in [3.05, 3.63) is 71.0 Å². The highest BCUT2D eigenvalue weighted by atomic mass is 35.5. The number of rotatable bonds is 5. The van der Waals surface area contributed by atoms with Crippen LogP contribution in [0.25, 0.3) is 0 Å². The van der Waals surface area contributed by atoms with Crippen LogP contribution >= 0.6 is 11.6 Å². The fourth-order valence-corrected chi connectivity index (χ4v) is 2.46. The summed E-state index contributed by atoms with van der Waals surface area (Å²) in [6, 6.07) is 8.68. The molecule has 0 aliphatic heterocycles. The van der Waals surface area contributed by atoms with Crippen LogP contribution in [-0.2, 0) is 12.7 Å². The first-order valence-electron chi connectivity index (χ1n) is 8.23. The summed E-state index contributed by atoms with van der Waals surface area (Å²) >= 11 is 5.83. The number of benzene rings is 1. The second-order valence-electron chi connectivity index (χ2n) is 5.77. The highest BCUT2D eigenvalue weighted by molar-refractivity contribution is 6.30. The Morgan fingerprint density at radius 1 is 1.17 bits per heavy atom. The number of alkyl halides is 3. The van der Waals surface area contributed by atoms with E-state index in [9.17, 15) is 22.4 Å². The zero-order valence-corrected chi connectivity index (χ0v) is 15.6. The molecule has 0 aliphatic carbocycles. The van der Waals surface area contributed by atoms with E-state index in [1.165, 1.54) is 18.3 Å². The standard InChI is InChI=1S/C18H12ClF4N5O2/c19-11-2-1-3-12(7-11)27-16-25-9-13(15(28-16)18(21,22)23)30-17(29)26-8-10-4-5-24-14(20)6-10/h1-7,9H,8H2,(H,26,29)(H,25,27,28). The maximum atomic E-state index is 13.4. The van der Waals surface area contributed by atoms with Crippen LogP contribution in [0.1, 0.15) is 11.3 Å². The summed E-state index contributed by atoms with van der Waals surface area (Å²) in [6.07, 6.45) is -4.22. The van der Waals surface area contributed by atoms with Gasteiger partial charge in [0.15, 0.2) is 11.4 Å². The minimum Gasteiger partial charge on any atom is -0.406 e. The van der Waals surface area contributed by atoms with Crippen molar-refractivity contribution >= 4 is 29.3 Å². The molecule has 7 nitrogen and oxygen atoms in total. The highest BCUT2D eigenvalue weighted by Gasteiger charge is 2.38. The van der Waals surface area contributed by atoms with Crippen LogP contribution in [0.3, 0.4) is 0 Å². The topological polar surface area (TPSA) is 89.0 Å². The van der Waals surface area contributed by atoms with Crippen molar-refractivity contribution in [1.29, 1.82) is 0 Å². The van der Waals surface area contributed by atoms with Gasteiger partial charge in [-0.15, -0.1) is 0 Å². The number of ether oxygens (including phenoxy) is 1. The summed E-state index contributed by atoms with van der Waals surface area (Å²) in [4.78, 5) is 22.3. The van der Waals surface area contributed by atoms with Gasteiger partial charge in [0, 0.05) is 23.5 Å². The van der Waals surface area contributed by atoms with E-state index in [1.807, 2.05) is 0 Å². The molecule has 0 aliphatic rings. The predicted octanol–water partition coefficient (Wildman–Crippen LogP) is 4.72. The highest BCUT2D eigenvalue weighted by Crippen LogP contribution is 2.35. The van der Waals surface area contributed by atoms with Crippen molar-refractivity contribution in [2.75, 3.05) is 5.32 Å². The van der Waals surface area contributed by atoms with Gasteiger partial charge >= 0.3 is 12.3 Å². The number of amides is 1. The molecule has 2 heterocycles. The van der Waals surface area contributed by atoms with Gasteiger partial charge in [0.25, 0.3) is 0 Å². The minimum atomic E-state index is -4.92. The molecule has 3 rings (SSSR count). The molecule has 12 heteroatoms. The number of nitrogens with one attached hydrogen (secondary N) is 2. The molecule has 30 heavy (non-hydrogen) atoms. The number of carbonyl (C=O) groups is 1. The first kappa shape index (κ1) is 21.2. The molecule has 0 atom stereocenters. The predicted molar refractivity (Wildman–Crippen MR) is 98.8 cm³/mol. The second-order valence-corrected chi connectivity index (χ2v) is 6.21. The lowest BCUT2D eigenvalue weighted by Crippen LogP contribution is -2.27. The zero-order chi connectivity index (χ0) is 21.7. The van der Waals surface area contributed by atoms with Crippen LogP contribution in [-0.4, -0.2) is 21.0 Å². The van der Waals surface area contributed by atoms with E-state index in [1.54, 1.807) is 18.2 Å². The lowest BCUT2D eigenvalue weighted by molar-refractivity contribution is -0.142. The van der Waals surface area contributed by atoms with Crippen molar-refractivity contribution in [2.24, 2.45) is 0 Å². The van der Waals surface area contributed by atoms with Gasteiger partial charge in [0.1, 0.15) is 0 Å². The molecular formula is C18H12ClF4N5O2. The molecule has 0 saturated heterocycles. The van der Waals surface area contributed by atoms with Crippen LogP contribution < -0.4 is 15.4 Å². The molecule has 156 valence electrons. The van der Waals surface area contributed by atoms with Crippen molar-refractivity contribution in [1.82, 2.24) is 20.3 Å². The minimum absolute atomic E-state index is 0.186. The SMILES string of the molecule is O=C(NCc1ccnc(F)c1)Oc1cnc(Nc2cccc(Cl)c2)nc1C(F)(F)F. The molecule has 2 N–H and O–H groups in total. The van der Waals surface area contributed by atoms with Gasteiger partial charge in [-0.2, -0.15) is 17.6 Å². The number of hydrogen-bond donors (Lipinski definition) is 2. The van der Waals surface area contributed by atoms with Crippen LogP contribution in [0.15, 0.2) is 48.8 Å². The summed E-state index contributed by atoms with van der Waals surface area (Å²) in [5, 5.41) is 5.15. The molecular weight excluding hydrogens is 430 g/mol. The molecule has 1 amide bonds. The molecule has 0 unspecified atom stereocenters. The van der Waals surface area contributed by atoms with Gasteiger partial charge in [0.05, 0.1) is 6.20 Å². The third kappa shape index (κ3) is 5.77. The number of aromatic nitrogens is 3. The van der Waals surface area contributed by atoms with E-state index in [4.69, 9.17) is 16.3 Å². The van der Waals surface area contributed by atoms with E-state index in [0.717, 1.165) is 6.07 Å². The summed E-state index contributed by atoms with van der Waals surface area (Å²) in [7, 11) is 0. The third-order valence-electron chi connectivity index (χ3n) is 3.53. The van der Waals surface area contributed by atoms with E-state index in [0.29, 0.717) is 22.5 Å². The number of halogens is 5. The van der Waals surface area contributed by atoms with Gasteiger partial charge in [0.2, 0.25) is 11.9 Å². The Morgan fingerprint density at radius 3 is 2.67 bits per heavy atom. The van der Waals surface area contributed by atoms with Gasteiger partial charge < -0.3 is 15.4 Å². The molecule has 0 spiro atoms. The normalized spacial score (nSPS) is 11.1. The maximum absolute atomic E-state index is 13.4. The van der Waals surface area contributed by atoms with Crippen molar-refractivity contribution in [3.63, 3.8) is 0 Å². The zero-order valence-electron chi connectivity index (χ0n) is 14.9. The smallest absolute Gasteiger partial charge is 0.406 e. The summed E-state index contributed by atoms with van der Waals surface area (Å²) in [5.41, 5.74) is -0.744. The van der Waals surface area contributed by atoms with Crippen molar-refractivity contribution in [2.45, 2.75) is 12.7 Å². The fraction of sp³-hybridized carbons (Fsp3) is 0.111. The molecule has 2 aromatic heterocycles. The van der Waals surface area contributed by atoms with Gasteiger partial charge in [-0.05, 0) is 35.9 Å². The maximum Gasteiger partial charge on any atom is 0.437 e. The van der Waals surface area contributed by atoms with E-state index < -0.39 is 29.7 Å². The van der Waals surface area contributed by atoms with Gasteiger partial charge in [-0.25, -0.2) is 19.7 Å². The average molecular weight is 442 g/mol. The van der Waals surface area contributed by atoms with E-state index in [-0.39, 0.29) is 12.5 Å². The summed E-state index contributed by atoms with van der Waals surface area (Å²) < 4.78 is 57.9. The number of nitrogens with zero attached hydrogens (tertiary/aromatic N) is 3. The monoisotopic (exact) mass is 441 g/mol. The third-order valence-corrected chi connectivity index (χ3v) is 3.77. The quantitative estimate of drug-likeness (QED) is 0.440. The van der Waals surface area contributed by atoms with E-state index in [2.05, 4.69) is 25.6 Å². The summed E-state index contributed by atoms with van der Waals surface area (Å²) in [6.45, 7) is -0.186. The average Bonchev–Trinajstić information content (AvgIpc) is 2.67. The van der Waals surface area contributed by atoms with Crippen LogP contribution in [0, 0.1) is 5.95 Å². The lowest BCUT2D eigenvalue weighted by atomic mass is 10.3. The van der Waals surface area contributed by atoms with Crippen LogP contribution in [0.2, 0.25) is 5.02 Å². The van der Waals surface area contributed by atoms with Crippen molar-refractivity contribution in [3.8, 4) is 5.75 Å². The molecule has 0 radical (unpaired) electrons. The number of pyridine rings is 1. The Kier molecular flexibility index (Phi) is 6.31. The molecule has 0 bridgehead atoms. The van der Waals surface area contributed by atoms with Crippen molar-refractivity contribution < 1.29 is 27.1 Å². The Hall–Kier alpha value is -3.47. The number of carbonyl (C=O) groups excluding carboxylic acids is 1. The Morgan fingerprint density at radius 2 is 1.97 bits per heavy atom. The molecule has 0 saturated carbocycles. The first-order valence-corrected chi connectivity index (χ1v) is 8.61. The summed E-state index contributed by atoms with van der Waals surface area (Å²) in [5.74, 6) is -2.03. The number of anilines is 2. The van der Waals surface area contributed by atoms with Gasteiger partial charge in [-0.3, -0.25) is 0 Å². The Balaban J connectivity index is 1.74. The van der Waals surface area contributed by atoms with Gasteiger partial charge in [-0.1, -0.05) is 17.7 Å². The largest absolute Gasteiger partial charge is 0.437 e. The fourth-order valence-electron chi connectivity index (χ4n) is 2.27. The van der Waals surface area contributed by atoms with Crippen LogP contribution in [0.5, 0.6) is 5.75 Å².